The molecule has 7 N–H and O–H groups in total. The molecule has 2 aromatic rings. The average molecular weight is 449 g/mol. The van der Waals surface area contributed by atoms with Gasteiger partial charge in [0.05, 0.1) is 5.56 Å². The summed E-state index contributed by atoms with van der Waals surface area (Å²) >= 11 is 0.985. The number of thiophene rings is 1. The lowest BCUT2D eigenvalue weighted by molar-refractivity contribution is -0.139. The number of carboxylic acid groups (broad SMARTS) is 1. The van der Waals surface area contributed by atoms with Crippen LogP contribution in [0.15, 0.2) is 30.3 Å². The van der Waals surface area contributed by atoms with Crippen LogP contribution >= 0.6 is 11.3 Å². The van der Waals surface area contributed by atoms with Gasteiger partial charge in [-0.3, -0.25) is 14.9 Å². The normalized spacial score (nSPS) is 12.3. The molecule has 1 heterocycles. The second-order valence-electron chi connectivity index (χ2n) is 7.28. The smallest absolute Gasteiger partial charge is 0.320 e. The number of hydrogen-bond donors (Lipinski definition) is 5. The monoisotopic (exact) mass is 448 g/mol. The Bertz CT molecular complexity index is 1000. The van der Waals surface area contributed by atoms with E-state index in [1.165, 1.54) is 12.1 Å². The van der Waals surface area contributed by atoms with Crippen LogP contribution in [0, 0.1) is 11.7 Å². The Kier molecular flexibility index (Phi) is 8.29. The van der Waals surface area contributed by atoms with Crippen LogP contribution in [0.1, 0.15) is 36.2 Å². The number of urea groups is 1. The molecule has 0 unspecified atom stereocenters. The third-order valence-corrected chi connectivity index (χ3v) is 5.37. The van der Waals surface area contributed by atoms with Crippen LogP contribution in [-0.2, 0) is 4.79 Å². The zero-order valence-corrected chi connectivity index (χ0v) is 18.0. The molecule has 1 atom stereocenters. The molecule has 0 aliphatic rings. The SMILES string of the molecule is CC(C)C[C@H](NC/C=C/c1ccc(-c2cc(C(N)=O)c(NC(N)=O)s2)c(F)c1)C(=O)O. The Morgan fingerprint density at radius 1 is 1.23 bits per heavy atom. The van der Waals surface area contributed by atoms with E-state index >= 15 is 0 Å². The molecule has 0 fully saturated rings. The zero-order chi connectivity index (χ0) is 23.1. The first-order valence-corrected chi connectivity index (χ1v) is 10.3. The maximum atomic E-state index is 14.7. The van der Waals surface area contributed by atoms with Gasteiger partial charge in [-0.25, -0.2) is 9.18 Å². The van der Waals surface area contributed by atoms with Crippen molar-refractivity contribution in [2.45, 2.75) is 26.3 Å². The molecule has 0 spiro atoms. The van der Waals surface area contributed by atoms with Gasteiger partial charge in [0.15, 0.2) is 0 Å². The molecule has 8 nitrogen and oxygen atoms in total. The number of carbonyl (C=O) groups excluding carboxylic acids is 2. The number of hydrogen-bond acceptors (Lipinski definition) is 5. The average Bonchev–Trinajstić information content (AvgIpc) is 3.06. The summed E-state index contributed by atoms with van der Waals surface area (Å²) in [5.74, 6) is -1.96. The van der Waals surface area contributed by atoms with Crippen LogP contribution < -0.4 is 22.1 Å². The fourth-order valence-electron chi connectivity index (χ4n) is 2.89. The van der Waals surface area contributed by atoms with Crippen molar-refractivity contribution in [3.63, 3.8) is 0 Å². The van der Waals surface area contributed by atoms with E-state index in [1.807, 2.05) is 13.8 Å². The number of amides is 3. The Labute approximate surface area is 183 Å². The third-order valence-electron chi connectivity index (χ3n) is 4.29. The summed E-state index contributed by atoms with van der Waals surface area (Å²) in [6.45, 7) is 4.22. The zero-order valence-electron chi connectivity index (χ0n) is 17.1. The van der Waals surface area contributed by atoms with Crippen LogP contribution in [0.5, 0.6) is 0 Å². The predicted octanol–water partition coefficient (Wildman–Crippen LogP) is 3.25. The highest BCUT2D eigenvalue weighted by atomic mass is 32.1. The van der Waals surface area contributed by atoms with Crippen LogP contribution in [0.2, 0.25) is 0 Å². The van der Waals surface area contributed by atoms with Gasteiger partial charge in [-0.15, -0.1) is 11.3 Å². The van der Waals surface area contributed by atoms with E-state index in [9.17, 15) is 23.9 Å². The largest absolute Gasteiger partial charge is 0.480 e. The highest BCUT2D eigenvalue weighted by Crippen LogP contribution is 2.36. The first-order valence-electron chi connectivity index (χ1n) is 9.51. The van der Waals surface area contributed by atoms with Crippen molar-refractivity contribution in [3.8, 4) is 10.4 Å². The van der Waals surface area contributed by atoms with Crippen molar-refractivity contribution in [1.82, 2.24) is 5.32 Å². The molecule has 1 aromatic carbocycles. The molecule has 0 saturated carbocycles. The molecule has 2 rings (SSSR count). The van der Waals surface area contributed by atoms with Gasteiger partial charge in [0, 0.05) is 17.0 Å². The summed E-state index contributed by atoms with van der Waals surface area (Å²) in [5.41, 5.74) is 11.3. The first-order chi connectivity index (χ1) is 14.6. The van der Waals surface area contributed by atoms with Crippen molar-refractivity contribution in [1.29, 1.82) is 0 Å². The van der Waals surface area contributed by atoms with Crippen molar-refractivity contribution in [2.75, 3.05) is 11.9 Å². The maximum absolute atomic E-state index is 14.7. The Morgan fingerprint density at radius 3 is 2.48 bits per heavy atom. The number of nitrogens with two attached hydrogens (primary N) is 2. The fourth-order valence-corrected chi connectivity index (χ4v) is 3.99. The van der Waals surface area contributed by atoms with Gasteiger partial charge in [-0.05, 0) is 30.0 Å². The quantitative estimate of drug-likeness (QED) is 0.378. The molecule has 0 aliphatic carbocycles. The highest BCUT2D eigenvalue weighted by Gasteiger charge is 2.18. The Hall–Kier alpha value is -3.24. The fraction of sp³-hybridized carbons (Fsp3) is 0.286. The number of nitrogens with one attached hydrogen (secondary N) is 2. The van der Waals surface area contributed by atoms with Crippen LogP contribution in [0.25, 0.3) is 16.5 Å². The molecule has 0 saturated heterocycles. The second kappa shape index (κ2) is 10.7. The predicted molar refractivity (Wildman–Crippen MR) is 119 cm³/mol. The van der Waals surface area contributed by atoms with E-state index in [2.05, 4.69) is 10.6 Å². The molecule has 0 bridgehead atoms. The first kappa shape index (κ1) is 24.0. The van der Waals surface area contributed by atoms with E-state index in [1.54, 1.807) is 24.3 Å². The minimum absolute atomic E-state index is 0.0441. The number of aliphatic carboxylic acids is 1. The highest BCUT2D eigenvalue weighted by molar-refractivity contribution is 7.20. The van der Waals surface area contributed by atoms with Crippen molar-refractivity contribution in [3.05, 3.63) is 47.3 Å². The molecular weight excluding hydrogens is 423 g/mol. The second-order valence-corrected chi connectivity index (χ2v) is 8.33. The number of carbonyl (C=O) groups is 3. The number of carboxylic acids is 1. The lowest BCUT2D eigenvalue weighted by Gasteiger charge is -2.15. The number of halogens is 1. The summed E-state index contributed by atoms with van der Waals surface area (Å²) in [7, 11) is 0. The summed E-state index contributed by atoms with van der Waals surface area (Å²) < 4.78 is 14.7. The van der Waals surface area contributed by atoms with Crippen molar-refractivity contribution in [2.24, 2.45) is 17.4 Å². The maximum Gasteiger partial charge on any atom is 0.320 e. The molecule has 0 aliphatic heterocycles. The summed E-state index contributed by atoms with van der Waals surface area (Å²) in [5, 5.41) is 14.6. The molecular formula is C21H25FN4O4S. The van der Waals surface area contributed by atoms with Gasteiger partial charge in [0.2, 0.25) is 0 Å². The molecule has 3 amide bonds. The van der Waals surface area contributed by atoms with Crippen LogP contribution in [-0.4, -0.2) is 35.6 Å². The lowest BCUT2D eigenvalue weighted by atomic mass is 10.0. The minimum Gasteiger partial charge on any atom is -0.480 e. The number of anilines is 1. The molecule has 1 aromatic heterocycles. The minimum atomic E-state index is -0.908. The van der Waals surface area contributed by atoms with Gasteiger partial charge >= 0.3 is 12.0 Å². The van der Waals surface area contributed by atoms with E-state index in [0.29, 0.717) is 23.4 Å². The standard InChI is InChI=1S/C21H25FN4O4S/c1-11(2)8-16(20(28)29)25-7-3-4-12-5-6-13(15(22)9-12)17-10-14(18(23)27)19(31-17)26-21(24)30/h3-6,9-11,16,25H,7-8H2,1-2H3,(H2,23,27)(H,28,29)(H3,24,26,30)/b4-3+/t16-/m0/s1. The van der Waals surface area contributed by atoms with Crippen LogP contribution in [0.3, 0.4) is 0 Å². The van der Waals surface area contributed by atoms with E-state index < -0.39 is 29.8 Å². The van der Waals surface area contributed by atoms with Gasteiger partial charge in [0.1, 0.15) is 16.9 Å². The van der Waals surface area contributed by atoms with Crippen molar-refractivity contribution < 1.29 is 23.9 Å². The molecule has 31 heavy (non-hydrogen) atoms. The van der Waals surface area contributed by atoms with Gasteiger partial charge in [0.25, 0.3) is 5.91 Å². The van der Waals surface area contributed by atoms with E-state index in [0.717, 1.165) is 11.3 Å². The Morgan fingerprint density at radius 2 is 1.94 bits per heavy atom. The molecule has 166 valence electrons. The topological polar surface area (TPSA) is 148 Å². The van der Waals surface area contributed by atoms with Crippen molar-refractivity contribution >= 4 is 40.3 Å². The summed E-state index contributed by atoms with van der Waals surface area (Å²) in [6.07, 6.45) is 3.90. The lowest BCUT2D eigenvalue weighted by Crippen LogP contribution is -2.37. The number of rotatable bonds is 10. The number of primary amides is 2. The molecule has 0 radical (unpaired) electrons. The van der Waals surface area contributed by atoms with Gasteiger partial charge in [-0.2, -0.15) is 0 Å². The summed E-state index contributed by atoms with van der Waals surface area (Å²) in [4.78, 5) is 34.3. The van der Waals surface area contributed by atoms with E-state index in [-0.39, 0.29) is 22.0 Å². The number of benzene rings is 1. The third kappa shape index (κ3) is 6.90. The van der Waals surface area contributed by atoms with Gasteiger partial charge in [-0.1, -0.05) is 38.1 Å². The Balaban J connectivity index is 2.13. The van der Waals surface area contributed by atoms with Crippen LogP contribution in [0.4, 0.5) is 14.2 Å². The summed E-state index contributed by atoms with van der Waals surface area (Å²) in [6, 6.07) is 4.44. The van der Waals surface area contributed by atoms with E-state index in [4.69, 9.17) is 11.5 Å². The van der Waals surface area contributed by atoms with Gasteiger partial charge < -0.3 is 21.9 Å². The molecule has 10 heteroatoms.